The van der Waals surface area contributed by atoms with E-state index >= 15 is 0 Å². The monoisotopic (exact) mass is 376 g/mol. The van der Waals surface area contributed by atoms with Crippen molar-refractivity contribution in [1.29, 1.82) is 0 Å². The van der Waals surface area contributed by atoms with Gasteiger partial charge in [0.05, 0.1) is 5.56 Å². The molecule has 3 rings (SSSR count). The summed E-state index contributed by atoms with van der Waals surface area (Å²) in [6.07, 6.45) is -3.73. The van der Waals surface area contributed by atoms with Crippen LogP contribution in [0.25, 0.3) is 0 Å². The van der Waals surface area contributed by atoms with Crippen molar-refractivity contribution in [3.63, 3.8) is 0 Å². The fourth-order valence-electron chi connectivity index (χ4n) is 3.37. The lowest BCUT2D eigenvalue weighted by Crippen LogP contribution is -2.44. The van der Waals surface area contributed by atoms with E-state index in [1.54, 1.807) is 4.90 Å². The van der Waals surface area contributed by atoms with Gasteiger partial charge in [-0.15, -0.1) is 0 Å². The van der Waals surface area contributed by atoms with Crippen molar-refractivity contribution < 1.29 is 22.8 Å². The molecule has 0 aromatic heterocycles. The number of hydrogen-bond donors (Lipinski definition) is 0. The van der Waals surface area contributed by atoms with Crippen LogP contribution in [-0.2, 0) is 22.2 Å². The number of nitrogens with zero attached hydrogens (tertiary/aromatic N) is 2. The molecule has 0 spiro atoms. The summed E-state index contributed by atoms with van der Waals surface area (Å²) in [6, 6.07) is 11.7. The number of anilines is 2. The van der Waals surface area contributed by atoms with Crippen molar-refractivity contribution in [3.05, 3.63) is 59.7 Å². The highest BCUT2D eigenvalue weighted by molar-refractivity contribution is 6.04. The van der Waals surface area contributed by atoms with Gasteiger partial charge in [0.1, 0.15) is 6.54 Å². The second-order valence-corrected chi connectivity index (χ2v) is 6.60. The number of carbonyl (C=O) groups excluding carboxylic acids is 2. The molecule has 1 heterocycles. The zero-order chi connectivity index (χ0) is 19.8. The average Bonchev–Trinajstić information content (AvgIpc) is 2.94. The Balaban J connectivity index is 1.83. The molecule has 2 amide bonds. The van der Waals surface area contributed by atoms with Crippen LogP contribution >= 0.6 is 0 Å². The van der Waals surface area contributed by atoms with E-state index in [4.69, 9.17) is 0 Å². The smallest absolute Gasteiger partial charge is 0.307 e. The third kappa shape index (κ3) is 3.82. The number of amides is 2. The van der Waals surface area contributed by atoms with Crippen LogP contribution in [0.5, 0.6) is 0 Å². The number of benzene rings is 2. The molecular formula is C20H19F3N2O2. The molecule has 1 aliphatic heterocycles. The first-order valence-electron chi connectivity index (χ1n) is 8.54. The van der Waals surface area contributed by atoms with Gasteiger partial charge in [0, 0.05) is 24.3 Å². The van der Waals surface area contributed by atoms with Crippen LogP contribution in [0.2, 0.25) is 0 Å². The Bertz CT molecular complexity index is 862. The lowest BCUT2D eigenvalue weighted by molar-refractivity contribution is -0.137. The van der Waals surface area contributed by atoms with Crippen molar-refractivity contribution in [3.8, 4) is 0 Å². The maximum atomic E-state index is 12.9. The van der Waals surface area contributed by atoms with Crippen LogP contribution in [0, 0.1) is 0 Å². The van der Waals surface area contributed by atoms with E-state index in [9.17, 15) is 22.8 Å². The second kappa shape index (κ2) is 7.06. The average molecular weight is 376 g/mol. The lowest BCUT2D eigenvalue weighted by Gasteiger charge is -2.27. The first kappa shape index (κ1) is 18.9. The third-order valence-electron chi connectivity index (χ3n) is 4.66. The van der Waals surface area contributed by atoms with Crippen molar-refractivity contribution in [2.45, 2.75) is 32.5 Å². The highest BCUT2D eigenvalue weighted by Gasteiger charge is 2.33. The Hall–Kier alpha value is -2.83. The second-order valence-electron chi connectivity index (χ2n) is 6.60. The number of fused-ring (bicyclic) bond motifs is 1. The van der Waals surface area contributed by atoms with Crippen molar-refractivity contribution in [2.24, 2.45) is 0 Å². The molecule has 142 valence electrons. The van der Waals surface area contributed by atoms with E-state index in [0.29, 0.717) is 0 Å². The summed E-state index contributed by atoms with van der Waals surface area (Å²) in [5, 5.41) is 0. The molecule has 0 bridgehead atoms. The van der Waals surface area contributed by atoms with Gasteiger partial charge in [-0.1, -0.05) is 18.2 Å². The molecule has 27 heavy (non-hydrogen) atoms. The van der Waals surface area contributed by atoms with Gasteiger partial charge in [-0.05, 0) is 49.2 Å². The van der Waals surface area contributed by atoms with Crippen LogP contribution in [0.4, 0.5) is 24.5 Å². The zero-order valence-electron chi connectivity index (χ0n) is 15.0. The van der Waals surface area contributed by atoms with Crippen LogP contribution in [0.3, 0.4) is 0 Å². The molecule has 2 aromatic rings. The summed E-state index contributed by atoms with van der Waals surface area (Å²) in [6.45, 7) is 2.97. The minimum Gasteiger partial charge on any atom is -0.307 e. The van der Waals surface area contributed by atoms with Crippen LogP contribution in [-0.4, -0.2) is 24.4 Å². The summed E-state index contributed by atoms with van der Waals surface area (Å²) >= 11 is 0. The Labute approximate surface area is 155 Å². The molecule has 0 N–H and O–H groups in total. The fourth-order valence-corrected chi connectivity index (χ4v) is 3.37. The molecule has 0 radical (unpaired) electrons. The molecule has 0 saturated carbocycles. The van der Waals surface area contributed by atoms with Gasteiger partial charge in [0.15, 0.2) is 0 Å². The molecule has 1 atom stereocenters. The highest BCUT2D eigenvalue weighted by atomic mass is 19.4. The van der Waals surface area contributed by atoms with Gasteiger partial charge in [-0.3, -0.25) is 9.59 Å². The summed E-state index contributed by atoms with van der Waals surface area (Å²) in [5.41, 5.74) is 1.32. The third-order valence-corrected chi connectivity index (χ3v) is 4.66. The van der Waals surface area contributed by atoms with Crippen molar-refractivity contribution in [1.82, 2.24) is 0 Å². The van der Waals surface area contributed by atoms with Gasteiger partial charge < -0.3 is 9.80 Å². The summed E-state index contributed by atoms with van der Waals surface area (Å²) in [5.74, 6) is -0.689. The topological polar surface area (TPSA) is 40.6 Å². The first-order chi connectivity index (χ1) is 12.7. The quantitative estimate of drug-likeness (QED) is 0.811. The van der Waals surface area contributed by atoms with Crippen LogP contribution < -0.4 is 9.80 Å². The predicted molar refractivity (Wildman–Crippen MR) is 96.6 cm³/mol. The minimum atomic E-state index is -4.45. The molecular weight excluding hydrogens is 357 g/mol. The van der Waals surface area contributed by atoms with E-state index in [-0.39, 0.29) is 24.2 Å². The SMILES string of the molecule is CC(=O)N(CC(=O)N1c2ccccc2CC1C)c1ccc(C(F)(F)F)cc1. The van der Waals surface area contributed by atoms with Crippen LogP contribution in [0.1, 0.15) is 25.0 Å². The van der Waals surface area contributed by atoms with Gasteiger partial charge in [-0.25, -0.2) is 0 Å². The molecule has 0 fully saturated rings. The number of hydrogen-bond acceptors (Lipinski definition) is 2. The Morgan fingerprint density at radius 2 is 1.74 bits per heavy atom. The van der Waals surface area contributed by atoms with E-state index in [2.05, 4.69) is 0 Å². The Morgan fingerprint density at radius 1 is 1.11 bits per heavy atom. The number of alkyl halides is 3. The molecule has 7 heteroatoms. The number of para-hydroxylation sites is 1. The summed E-state index contributed by atoms with van der Waals surface area (Å²) in [7, 11) is 0. The summed E-state index contributed by atoms with van der Waals surface area (Å²) < 4.78 is 38.2. The Kier molecular flexibility index (Phi) is 4.95. The first-order valence-corrected chi connectivity index (χ1v) is 8.54. The maximum absolute atomic E-state index is 12.9. The van der Waals surface area contributed by atoms with E-state index in [0.717, 1.165) is 29.8 Å². The minimum absolute atomic E-state index is 0.0451. The number of carbonyl (C=O) groups is 2. The molecule has 2 aromatic carbocycles. The highest BCUT2D eigenvalue weighted by Crippen LogP contribution is 2.33. The molecule has 0 saturated heterocycles. The normalized spacial score (nSPS) is 16.2. The zero-order valence-corrected chi connectivity index (χ0v) is 15.0. The Morgan fingerprint density at radius 3 is 2.33 bits per heavy atom. The molecule has 1 unspecified atom stereocenters. The predicted octanol–water partition coefficient (Wildman–Crippen LogP) is 4.04. The van der Waals surface area contributed by atoms with Gasteiger partial charge in [0.2, 0.25) is 11.8 Å². The maximum Gasteiger partial charge on any atom is 0.416 e. The van der Waals surface area contributed by atoms with Gasteiger partial charge in [-0.2, -0.15) is 13.2 Å². The van der Waals surface area contributed by atoms with E-state index in [1.165, 1.54) is 24.0 Å². The molecule has 1 aliphatic rings. The number of halogens is 3. The lowest BCUT2D eigenvalue weighted by atomic mass is 10.1. The van der Waals surface area contributed by atoms with Crippen molar-refractivity contribution >= 4 is 23.2 Å². The largest absolute Gasteiger partial charge is 0.416 e. The van der Waals surface area contributed by atoms with Gasteiger partial charge in [0.25, 0.3) is 0 Å². The fraction of sp³-hybridized carbons (Fsp3) is 0.300. The van der Waals surface area contributed by atoms with E-state index in [1.807, 2.05) is 31.2 Å². The van der Waals surface area contributed by atoms with E-state index < -0.39 is 17.6 Å². The van der Waals surface area contributed by atoms with Gasteiger partial charge >= 0.3 is 6.18 Å². The molecule has 4 nitrogen and oxygen atoms in total. The standard InChI is InChI=1S/C20H19F3N2O2/c1-13-11-15-5-3-4-6-18(15)25(13)19(27)12-24(14(2)26)17-9-7-16(8-10-17)20(21,22)23/h3-10,13H,11-12H2,1-2H3. The van der Waals surface area contributed by atoms with Crippen molar-refractivity contribution in [2.75, 3.05) is 16.3 Å². The van der Waals surface area contributed by atoms with Crippen LogP contribution in [0.15, 0.2) is 48.5 Å². The number of rotatable bonds is 3. The molecule has 0 aliphatic carbocycles. The summed E-state index contributed by atoms with van der Waals surface area (Å²) in [4.78, 5) is 27.8.